The van der Waals surface area contributed by atoms with Crippen LogP contribution in [0.3, 0.4) is 0 Å². The van der Waals surface area contributed by atoms with Crippen LogP contribution in [0.4, 0.5) is 0 Å². The zero-order valence-corrected chi connectivity index (χ0v) is 11.4. The van der Waals surface area contributed by atoms with Gasteiger partial charge in [-0.15, -0.1) is 0 Å². The Balaban J connectivity index is 0.000000309. The van der Waals surface area contributed by atoms with E-state index in [0.29, 0.717) is 16.7 Å². The minimum atomic E-state index is -0.981. The number of fused-ring (bicyclic) bond motifs is 1. The molecule has 22 heavy (non-hydrogen) atoms. The molecule has 0 atom stereocenters. The van der Waals surface area contributed by atoms with E-state index in [1.54, 1.807) is 36.4 Å². The maximum absolute atomic E-state index is 11.9. The highest BCUT2D eigenvalue weighted by Gasteiger charge is 2.16. The molecule has 0 radical (unpaired) electrons. The van der Waals surface area contributed by atoms with E-state index in [2.05, 4.69) is 6.58 Å². The minimum absolute atomic E-state index is 0.0544. The fraction of sp³-hybridized carbons (Fsp3) is 0. The van der Waals surface area contributed by atoms with Crippen molar-refractivity contribution in [2.24, 2.45) is 0 Å². The van der Waals surface area contributed by atoms with Crippen LogP contribution in [-0.2, 0) is 4.79 Å². The summed E-state index contributed by atoms with van der Waals surface area (Å²) < 4.78 is 10.6. The second-order valence-corrected chi connectivity index (χ2v) is 4.12. The summed E-state index contributed by atoms with van der Waals surface area (Å²) in [5.74, 6) is -1.03. The maximum atomic E-state index is 11.9. The van der Waals surface area contributed by atoms with Crippen LogP contribution in [-0.4, -0.2) is 16.2 Å². The molecule has 6 heteroatoms. The van der Waals surface area contributed by atoms with Crippen molar-refractivity contribution in [3.8, 4) is 17.3 Å². The van der Waals surface area contributed by atoms with Crippen LogP contribution in [0.1, 0.15) is 0 Å². The fourth-order valence-electron chi connectivity index (χ4n) is 1.71. The number of furan rings is 1. The fourth-order valence-corrected chi connectivity index (χ4v) is 1.71. The molecule has 2 heterocycles. The molecule has 0 aliphatic rings. The molecule has 2 N–H and O–H groups in total. The smallest absolute Gasteiger partial charge is 0.327 e. The Labute approximate surface area is 124 Å². The number of aliphatic carboxylic acids is 1. The third-order valence-electron chi connectivity index (χ3n) is 2.69. The molecule has 0 spiro atoms. The van der Waals surface area contributed by atoms with Gasteiger partial charge < -0.3 is 19.0 Å². The predicted octanol–water partition coefficient (Wildman–Crippen LogP) is 3.02. The van der Waals surface area contributed by atoms with E-state index >= 15 is 0 Å². The van der Waals surface area contributed by atoms with E-state index < -0.39 is 17.1 Å². The van der Waals surface area contributed by atoms with Crippen LogP contribution in [0.15, 0.2) is 68.9 Å². The highest BCUT2D eigenvalue weighted by Crippen LogP contribution is 2.29. The monoisotopic (exact) mass is 300 g/mol. The molecule has 0 aliphatic heterocycles. The number of carboxylic acid groups (broad SMARTS) is 1. The van der Waals surface area contributed by atoms with E-state index in [4.69, 9.17) is 13.9 Å². The number of hydrogen-bond donors (Lipinski definition) is 2. The summed E-state index contributed by atoms with van der Waals surface area (Å²) in [6, 6.07) is 10.0. The predicted molar refractivity (Wildman–Crippen MR) is 79.7 cm³/mol. The molecule has 2 aromatic heterocycles. The van der Waals surface area contributed by atoms with Gasteiger partial charge in [-0.1, -0.05) is 18.7 Å². The third kappa shape index (κ3) is 3.06. The number of para-hydroxylation sites is 1. The molecule has 0 bridgehead atoms. The van der Waals surface area contributed by atoms with E-state index in [1.165, 1.54) is 6.26 Å². The first-order valence-electron chi connectivity index (χ1n) is 6.18. The highest BCUT2D eigenvalue weighted by molar-refractivity contribution is 5.80. The first-order chi connectivity index (χ1) is 10.5. The first kappa shape index (κ1) is 15.1. The topological polar surface area (TPSA) is 101 Å². The van der Waals surface area contributed by atoms with Gasteiger partial charge in [-0.05, 0) is 24.3 Å². The summed E-state index contributed by atoms with van der Waals surface area (Å²) in [6.45, 7) is 2.96. The van der Waals surface area contributed by atoms with Crippen LogP contribution in [0.5, 0.6) is 5.75 Å². The van der Waals surface area contributed by atoms with Gasteiger partial charge in [0.1, 0.15) is 5.58 Å². The minimum Gasteiger partial charge on any atom is -0.501 e. The average molecular weight is 300 g/mol. The van der Waals surface area contributed by atoms with Gasteiger partial charge >= 0.3 is 5.97 Å². The second-order valence-electron chi connectivity index (χ2n) is 4.12. The summed E-state index contributed by atoms with van der Waals surface area (Å²) >= 11 is 0. The Hall–Kier alpha value is -3.28. The Morgan fingerprint density at radius 1 is 1.18 bits per heavy atom. The maximum Gasteiger partial charge on any atom is 0.327 e. The molecule has 0 saturated heterocycles. The summed E-state index contributed by atoms with van der Waals surface area (Å²) in [7, 11) is 0. The lowest BCUT2D eigenvalue weighted by Crippen LogP contribution is -2.01. The van der Waals surface area contributed by atoms with Crippen molar-refractivity contribution in [1.29, 1.82) is 0 Å². The largest absolute Gasteiger partial charge is 0.501 e. The second kappa shape index (κ2) is 6.45. The van der Waals surface area contributed by atoms with Gasteiger partial charge in [0.2, 0.25) is 16.9 Å². The zero-order chi connectivity index (χ0) is 16.1. The van der Waals surface area contributed by atoms with Crippen molar-refractivity contribution >= 4 is 16.9 Å². The number of hydrogen-bond acceptors (Lipinski definition) is 5. The number of benzene rings is 1. The molecule has 6 nitrogen and oxygen atoms in total. The third-order valence-corrected chi connectivity index (χ3v) is 2.69. The van der Waals surface area contributed by atoms with Gasteiger partial charge in [-0.2, -0.15) is 0 Å². The lowest BCUT2D eigenvalue weighted by Gasteiger charge is -2.02. The van der Waals surface area contributed by atoms with Crippen molar-refractivity contribution < 1.29 is 23.8 Å². The number of aromatic hydroxyl groups is 1. The van der Waals surface area contributed by atoms with Crippen molar-refractivity contribution in [1.82, 2.24) is 0 Å². The molecule has 0 fully saturated rings. The van der Waals surface area contributed by atoms with Gasteiger partial charge in [0, 0.05) is 6.08 Å². The molecule has 3 aromatic rings. The summed E-state index contributed by atoms with van der Waals surface area (Å²) in [5, 5.41) is 17.8. The Morgan fingerprint density at radius 3 is 2.45 bits per heavy atom. The molecular formula is C16H12O6. The Kier molecular flexibility index (Phi) is 4.43. The van der Waals surface area contributed by atoms with Gasteiger partial charge in [0.15, 0.2) is 5.76 Å². The molecular weight excluding hydrogens is 288 g/mol. The Morgan fingerprint density at radius 2 is 1.86 bits per heavy atom. The van der Waals surface area contributed by atoms with Gasteiger partial charge in [0.25, 0.3) is 0 Å². The molecule has 3 rings (SSSR count). The molecule has 1 aromatic carbocycles. The van der Waals surface area contributed by atoms with Crippen molar-refractivity contribution in [2.75, 3.05) is 0 Å². The van der Waals surface area contributed by atoms with E-state index in [-0.39, 0.29) is 5.76 Å². The van der Waals surface area contributed by atoms with Gasteiger partial charge in [-0.25, -0.2) is 4.79 Å². The number of carboxylic acids is 1. The van der Waals surface area contributed by atoms with Crippen LogP contribution in [0.2, 0.25) is 0 Å². The lowest BCUT2D eigenvalue weighted by atomic mass is 10.2. The van der Waals surface area contributed by atoms with E-state index in [0.717, 1.165) is 6.08 Å². The van der Waals surface area contributed by atoms with E-state index in [9.17, 15) is 14.7 Å². The van der Waals surface area contributed by atoms with Crippen LogP contribution < -0.4 is 5.43 Å². The quantitative estimate of drug-likeness (QED) is 0.705. The van der Waals surface area contributed by atoms with E-state index in [1.807, 2.05) is 0 Å². The normalized spacial score (nSPS) is 9.82. The number of rotatable bonds is 2. The summed E-state index contributed by atoms with van der Waals surface area (Å²) in [5.41, 5.74) is -0.0417. The van der Waals surface area contributed by atoms with Gasteiger partial charge in [-0.3, -0.25) is 4.79 Å². The van der Waals surface area contributed by atoms with Crippen LogP contribution in [0, 0.1) is 0 Å². The SMILES string of the molecule is C=CC(=O)O.O=c1c(O)c(-c2ccco2)oc2ccccc12. The zero-order valence-electron chi connectivity index (χ0n) is 11.4. The van der Waals surface area contributed by atoms with Gasteiger partial charge in [0.05, 0.1) is 11.6 Å². The molecule has 0 unspecified atom stereocenters. The average Bonchev–Trinajstić information content (AvgIpc) is 3.05. The van der Waals surface area contributed by atoms with Crippen molar-refractivity contribution in [3.05, 3.63) is 65.5 Å². The first-order valence-corrected chi connectivity index (χ1v) is 6.18. The van der Waals surface area contributed by atoms with Crippen LogP contribution in [0.25, 0.3) is 22.5 Å². The number of carbonyl (C=O) groups is 1. The Bertz CT molecular complexity index is 858. The molecule has 112 valence electrons. The van der Waals surface area contributed by atoms with Crippen molar-refractivity contribution in [2.45, 2.75) is 0 Å². The van der Waals surface area contributed by atoms with Crippen molar-refractivity contribution in [3.63, 3.8) is 0 Å². The highest BCUT2D eigenvalue weighted by atomic mass is 16.4. The molecule has 0 amide bonds. The standard InChI is InChI=1S/C13H8O4.C3H4O2/c14-11-8-4-1-2-5-9(8)17-13(12(11)15)10-6-3-7-16-10;1-2-3(4)5/h1-7,15H;2H,1H2,(H,4,5). The molecule has 0 aliphatic carbocycles. The summed E-state index contributed by atoms with van der Waals surface area (Å²) in [4.78, 5) is 21.1. The summed E-state index contributed by atoms with van der Waals surface area (Å²) in [6.07, 6.45) is 2.28. The molecule has 0 saturated carbocycles. The van der Waals surface area contributed by atoms with Crippen LogP contribution >= 0.6 is 0 Å². The lowest BCUT2D eigenvalue weighted by molar-refractivity contribution is -0.131.